The number of carbonyl (C=O) groups excluding carboxylic acids is 2. The second kappa shape index (κ2) is 7.93. The number of aromatic nitrogens is 4. The van der Waals surface area contributed by atoms with Gasteiger partial charge in [-0.05, 0) is 66.6 Å². The highest BCUT2D eigenvalue weighted by molar-refractivity contribution is 5.79. The topological polar surface area (TPSA) is 84.2 Å². The highest BCUT2D eigenvalue weighted by Gasteiger charge is 2.42. The van der Waals surface area contributed by atoms with Gasteiger partial charge in [0, 0.05) is 32.1 Å². The Hall–Kier alpha value is -2.77. The Morgan fingerprint density at radius 3 is 2.48 bits per heavy atom. The molecule has 1 aromatic heterocycles. The molecule has 2 aromatic rings. The Morgan fingerprint density at radius 2 is 1.86 bits per heavy atom. The van der Waals surface area contributed by atoms with Crippen molar-refractivity contribution in [3.8, 4) is 5.69 Å². The summed E-state index contributed by atoms with van der Waals surface area (Å²) in [6, 6.07) is 7.99. The lowest BCUT2D eigenvalue weighted by molar-refractivity contribution is -0.144. The smallest absolute Gasteiger partial charge is 0.226 e. The van der Waals surface area contributed by atoms with Crippen LogP contribution in [0, 0.1) is 5.41 Å². The van der Waals surface area contributed by atoms with Crippen LogP contribution in [0.4, 0.5) is 0 Å². The van der Waals surface area contributed by atoms with Crippen LogP contribution in [0.1, 0.15) is 45.1 Å². The molecule has 154 valence electrons. The second-order valence-electron chi connectivity index (χ2n) is 8.59. The van der Waals surface area contributed by atoms with Crippen LogP contribution in [0.3, 0.4) is 0 Å². The maximum atomic E-state index is 12.8. The van der Waals surface area contributed by atoms with E-state index >= 15 is 0 Å². The van der Waals surface area contributed by atoms with Crippen molar-refractivity contribution in [2.45, 2.75) is 52.0 Å². The molecule has 29 heavy (non-hydrogen) atoms. The number of nitrogens with zero attached hydrogens (tertiary/aromatic N) is 6. The summed E-state index contributed by atoms with van der Waals surface area (Å²) in [6.07, 6.45) is 5.50. The summed E-state index contributed by atoms with van der Waals surface area (Å²) in [6.45, 7) is 6.56. The average Bonchev–Trinajstić information content (AvgIpc) is 3.26. The molecule has 0 atom stereocenters. The largest absolute Gasteiger partial charge is 0.342 e. The molecule has 2 saturated heterocycles. The summed E-state index contributed by atoms with van der Waals surface area (Å²) >= 11 is 0. The van der Waals surface area contributed by atoms with Gasteiger partial charge in [-0.1, -0.05) is 12.1 Å². The van der Waals surface area contributed by atoms with Crippen LogP contribution in [0.5, 0.6) is 0 Å². The average molecular weight is 396 g/mol. The van der Waals surface area contributed by atoms with E-state index in [0.717, 1.165) is 50.1 Å². The van der Waals surface area contributed by atoms with Crippen molar-refractivity contribution in [1.29, 1.82) is 0 Å². The predicted octanol–water partition coefficient (Wildman–Crippen LogP) is 1.84. The van der Waals surface area contributed by atoms with Gasteiger partial charge in [-0.25, -0.2) is 4.68 Å². The van der Waals surface area contributed by atoms with Crippen molar-refractivity contribution in [3.05, 3.63) is 36.2 Å². The lowest BCUT2D eigenvalue weighted by Crippen LogP contribution is -2.54. The van der Waals surface area contributed by atoms with Gasteiger partial charge in [0.25, 0.3) is 0 Å². The van der Waals surface area contributed by atoms with E-state index in [1.165, 1.54) is 0 Å². The first-order valence-electron chi connectivity index (χ1n) is 10.4. The maximum absolute atomic E-state index is 12.8. The molecule has 2 aliphatic rings. The van der Waals surface area contributed by atoms with E-state index in [2.05, 4.69) is 29.4 Å². The van der Waals surface area contributed by atoms with Crippen LogP contribution in [0.25, 0.3) is 5.69 Å². The third-order valence-corrected chi connectivity index (χ3v) is 6.40. The fourth-order valence-corrected chi connectivity index (χ4v) is 4.49. The standard InChI is InChI=1S/C21H28N6O2/c1-16(2)26-14-21(8-7-19(26)28)9-11-25(12-10-21)20(29)13-17-3-5-18(6-4-17)27-15-22-23-24-27/h3-6,15-16H,7-14H2,1-2H3. The molecule has 0 bridgehead atoms. The molecule has 4 rings (SSSR count). The Balaban J connectivity index is 1.33. The van der Waals surface area contributed by atoms with Crippen LogP contribution in [-0.2, 0) is 16.0 Å². The van der Waals surface area contributed by atoms with Crippen molar-refractivity contribution in [2.75, 3.05) is 19.6 Å². The molecule has 0 N–H and O–H groups in total. The summed E-state index contributed by atoms with van der Waals surface area (Å²) in [4.78, 5) is 29.0. The van der Waals surface area contributed by atoms with Gasteiger partial charge in [-0.2, -0.15) is 0 Å². The first-order valence-corrected chi connectivity index (χ1v) is 10.4. The van der Waals surface area contributed by atoms with Crippen LogP contribution in [-0.4, -0.2) is 67.5 Å². The number of rotatable bonds is 4. The van der Waals surface area contributed by atoms with E-state index in [0.29, 0.717) is 12.8 Å². The summed E-state index contributed by atoms with van der Waals surface area (Å²) in [5.74, 6) is 0.442. The number of carbonyl (C=O) groups is 2. The molecule has 0 aliphatic carbocycles. The number of tetrazole rings is 1. The highest BCUT2D eigenvalue weighted by atomic mass is 16.2. The Kier molecular flexibility index (Phi) is 5.34. The van der Waals surface area contributed by atoms with Gasteiger partial charge in [0.2, 0.25) is 11.8 Å². The number of piperidine rings is 2. The molecule has 0 unspecified atom stereocenters. The van der Waals surface area contributed by atoms with E-state index < -0.39 is 0 Å². The third kappa shape index (κ3) is 4.16. The van der Waals surface area contributed by atoms with Gasteiger partial charge in [0.05, 0.1) is 12.1 Å². The zero-order chi connectivity index (χ0) is 20.4. The van der Waals surface area contributed by atoms with Crippen molar-refractivity contribution in [1.82, 2.24) is 30.0 Å². The molecule has 2 aliphatic heterocycles. The van der Waals surface area contributed by atoms with Gasteiger partial charge in [-0.3, -0.25) is 9.59 Å². The molecule has 0 radical (unpaired) electrons. The minimum absolute atomic E-state index is 0.169. The SMILES string of the molecule is CC(C)N1CC2(CCC1=O)CCN(C(=O)Cc1ccc(-n3cnnn3)cc1)CC2. The van der Waals surface area contributed by atoms with E-state index in [-0.39, 0.29) is 23.3 Å². The molecule has 2 fully saturated rings. The second-order valence-corrected chi connectivity index (χ2v) is 8.59. The Bertz CT molecular complexity index is 854. The molecular weight excluding hydrogens is 368 g/mol. The number of benzene rings is 1. The van der Waals surface area contributed by atoms with Gasteiger partial charge in [0.15, 0.2) is 0 Å². The lowest BCUT2D eigenvalue weighted by atomic mass is 9.72. The minimum atomic E-state index is 0.169. The van der Waals surface area contributed by atoms with Gasteiger partial charge >= 0.3 is 0 Å². The normalized spacial score (nSPS) is 19.2. The Labute approximate surface area is 170 Å². The quantitative estimate of drug-likeness (QED) is 0.787. The Morgan fingerprint density at radius 1 is 1.14 bits per heavy atom. The van der Waals surface area contributed by atoms with E-state index in [1.54, 1.807) is 11.0 Å². The highest BCUT2D eigenvalue weighted by Crippen LogP contribution is 2.40. The van der Waals surface area contributed by atoms with Gasteiger partial charge in [-0.15, -0.1) is 5.10 Å². The van der Waals surface area contributed by atoms with Crippen LogP contribution in [0.15, 0.2) is 30.6 Å². The van der Waals surface area contributed by atoms with Crippen molar-refractivity contribution < 1.29 is 9.59 Å². The summed E-state index contributed by atoms with van der Waals surface area (Å²) < 4.78 is 1.59. The fraction of sp³-hybridized carbons (Fsp3) is 0.571. The minimum Gasteiger partial charge on any atom is -0.342 e. The van der Waals surface area contributed by atoms with E-state index in [4.69, 9.17) is 0 Å². The molecule has 1 aromatic carbocycles. The van der Waals surface area contributed by atoms with E-state index in [9.17, 15) is 9.59 Å². The van der Waals surface area contributed by atoms with Crippen molar-refractivity contribution >= 4 is 11.8 Å². The summed E-state index contributed by atoms with van der Waals surface area (Å²) in [5, 5.41) is 11.1. The molecule has 3 heterocycles. The number of hydrogen-bond acceptors (Lipinski definition) is 5. The molecule has 8 heteroatoms. The van der Waals surface area contributed by atoms with E-state index in [1.807, 2.05) is 34.1 Å². The van der Waals surface area contributed by atoms with Crippen LogP contribution >= 0.6 is 0 Å². The first kappa shape index (κ1) is 19.5. The first-order chi connectivity index (χ1) is 14.0. The molecular formula is C21H28N6O2. The molecule has 8 nitrogen and oxygen atoms in total. The summed E-state index contributed by atoms with van der Waals surface area (Å²) in [7, 11) is 0. The number of hydrogen-bond donors (Lipinski definition) is 0. The summed E-state index contributed by atoms with van der Waals surface area (Å²) in [5.41, 5.74) is 2.04. The maximum Gasteiger partial charge on any atom is 0.226 e. The molecule has 1 spiro atoms. The zero-order valence-corrected chi connectivity index (χ0v) is 17.1. The van der Waals surface area contributed by atoms with Crippen molar-refractivity contribution in [2.24, 2.45) is 5.41 Å². The van der Waals surface area contributed by atoms with Gasteiger partial charge in [0.1, 0.15) is 6.33 Å². The number of likely N-dealkylation sites (tertiary alicyclic amines) is 2. The number of amides is 2. The molecule has 0 saturated carbocycles. The van der Waals surface area contributed by atoms with Crippen LogP contribution < -0.4 is 0 Å². The van der Waals surface area contributed by atoms with Crippen molar-refractivity contribution in [3.63, 3.8) is 0 Å². The lowest BCUT2D eigenvalue weighted by Gasteiger charge is -2.48. The molecule has 2 amide bonds. The predicted molar refractivity (Wildman–Crippen MR) is 107 cm³/mol. The fourth-order valence-electron chi connectivity index (χ4n) is 4.49. The van der Waals surface area contributed by atoms with Gasteiger partial charge < -0.3 is 9.80 Å². The van der Waals surface area contributed by atoms with Crippen LogP contribution in [0.2, 0.25) is 0 Å². The third-order valence-electron chi connectivity index (χ3n) is 6.40. The zero-order valence-electron chi connectivity index (χ0n) is 17.1. The monoisotopic (exact) mass is 396 g/mol.